The Kier molecular flexibility index (Phi) is 4.18. The van der Waals surface area contributed by atoms with Gasteiger partial charge in [0.1, 0.15) is 5.69 Å². The molecule has 0 bridgehead atoms. The number of carbonyl (C=O) groups is 3. The number of nitrogens with zero attached hydrogens (tertiary/aromatic N) is 2. The van der Waals surface area contributed by atoms with Gasteiger partial charge in [-0.05, 0) is 30.7 Å². The van der Waals surface area contributed by atoms with Crippen LogP contribution in [0.25, 0.3) is 0 Å². The first-order chi connectivity index (χ1) is 12.5. The molecule has 3 N–H and O–H groups in total. The lowest BCUT2D eigenvalue weighted by Crippen LogP contribution is -2.40. The molecule has 2 aliphatic carbocycles. The van der Waals surface area contributed by atoms with E-state index in [-0.39, 0.29) is 41.5 Å². The number of carbonyl (C=O) groups excluding carboxylic acids is 3. The van der Waals surface area contributed by atoms with Crippen LogP contribution in [0.4, 0.5) is 0 Å². The highest BCUT2D eigenvalue weighted by molar-refractivity contribution is 5.92. The number of fused-ring (bicyclic) bond motifs is 1. The molecule has 2 heterocycles. The minimum Gasteiger partial charge on any atom is -0.469 e. The lowest BCUT2D eigenvalue weighted by Gasteiger charge is -2.23. The van der Waals surface area contributed by atoms with Crippen molar-refractivity contribution in [3.63, 3.8) is 0 Å². The SMILES string of the molecule is COC(=O)C1[C@H]2CN(C(=O)[C@@H]3C[C@@H](O)[C@H](NC(=O)c4ccn[nH]4)C3)C[C@@H]12. The lowest BCUT2D eigenvalue weighted by atomic mass is 10.1. The molecule has 1 unspecified atom stereocenters. The molecule has 1 saturated heterocycles. The fourth-order valence-electron chi connectivity index (χ4n) is 4.45. The molecule has 3 fully saturated rings. The summed E-state index contributed by atoms with van der Waals surface area (Å²) >= 11 is 0. The number of aromatic nitrogens is 2. The highest BCUT2D eigenvalue weighted by atomic mass is 16.5. The van der Waals surface area contributed by atoms with E-state index in [1.54, 1.807) is 11.0 Å². The van der Waals surface area contributed by atoms with Gasteiger partial charge in [0.05, 0.1) is 25.2 Å². The second kappa shape index (κ2) is 6.39. The average molecular weight is 362 g/mol. The number of rotatable bonds is 4. The van der Waals surface area contributed by atoms with E-state index in [0.717, 1.165) is 0 Å². The van der Waals surface area contributed by atoms with E-state index in [1.807, 2.05) is 0 Å². The summed E-state index contributed by atoms with van der Waals surface area (Å²) in [5.41, 5.74) is 0.320. The van der Waals surface area contributed by atoms with Crippen LogP contribution in [0.2, 0.25) is 0 Å². The Hall–Kier alpha value is -2.42. The van der Waals surface area contributed by atoms with Crippen molar-refractivity contribution in [3.05, 3.63) is 18.0 Å². The first-order valence-electron chi connectivity index (χ1n) is 8.84. The Balaban J connectivity index is 1.30. The van der Waals surface area contributed by atoms with Crippen LogP contribution in [0, 0.1) is 23.7 Å². The quantitative estimate of drug-likeness (QED) is 0.600. The van der Waals surface area contributed by atoms with Gasteiger partial charge in [-0.2, -0.15) is 5.10 Å². The summed E-state index contributed by atoms with van der Waals surface area (Å²) in [5, 5.41) is 19.3. The molecular formula is C17H22N4O5. The fourth-order valence-corrected chi connectivity index (χ4v) is 4.45. The molecule has 1 aromatic rings. The van der Waals surface area contributed by atoms with E-state index >= 15 is 0 Å². The molecule has 0 spiro atoms. The van der Waals surface area contributed by atoms with Crippen LogP contribution in [0.5, 0.6) is 0 Å². The van der Waals surface area contributed by atoms with E-state index in [4.69, 9.17) is 4.74 Å². The Bertz CT molecular complexity index is 709. The maximum absolute atomic E-state index is 12.7. The molecule has 1 aliphatic heterocycles. The van der Waals surface area contributed by atoms with E-state index in [9.17, 15) is 19.5 Å². The topological polar surface area (TPSA) is 125 Å². The maximum Gasteiger partial charge on any atom is 0.309 e. The maximum atomic E-state index is 12.7. The molecule has 1 aromatic heterocycles. The smallest absolute Gasteiger partial charge is 0.309 e. The van der Waals surface area contributed by atoms with Gasteiger partial charge in [0.2, 0.25) is 5.91 Å². The number of esters is 1. The summed E-state index contributed by atoms with van der Waals surface area (Å²) in [4.78, 5) is 38.2. The molecule has 0 radical (unpaired) electrons. The number of H-pyrrole nitrogens is 1. The van der Waals surface area contributed by atoms with Gasteiger partial charge in [0, 0.05) is 25.2 Å². The second-order valence-corrected chi connectivity index (χ2v) is 7.41. The molecule has 2 saturated carbocycles. The molecule has 0 aromatic carbocycles. The van der Waals surface area contributed by atoms with Gasteiger partial charge in [-0.3, -0.25) is 19.5 Å². The van der Waals surface area contributed by atoms with Crippen molar-refractivity contribution in [1.29, 1.82) is 0 Å². The van der Waals surface area contributed by atoms with Gasteiger partial charge in [-0.25, -0.2) is 0 Å². The number of nitrogens with one attached hydrogen (secondary N) is 2. The normalized spacial score (nSPS) is 35.1. The molecule has 6 atom stereocenters. The Morgan fingerprint density at radius 3 is 2.65 bits per heavy atom. The van der Waals surface area contributed by atoms with Crippen LogP contribution in [0.3, 0.4) is 0 Å². The first kappa shape index (κ1) is 17.0. The van der Waals surface area contributed by atoms with E-state index in [2.05, 4.69) is 15.5 Å². The Labute approximate surface area is 150 Å². The Morgan fingerprint density at radius 1 is 1.31 bits per heavy atom. The zero-order valence-electron chi connectivity index (χ0n) is 14.4. The third-order valence-electron chi connectivity index (χ3n) is 5.92. The van der Waals surface area contributed by atoms with E-state index in [0.29, 0.717) is 31.6 Å². The highest BCUT2D eigenvalue weighted by Crippen LogP contribution is 2.52. The zero-order valence-corrected chi connectivity index (χ0v) is 14.4. The number of aliphatic hydroxyl groups is 1. The average Bonchev–Trinajstić information content (AvgIpc) is 3.11. The number of ether oxygens (including phenoxy) is 1. The minimum atomic E-state index is -0.754. The number of piperidine rings is 1. The van der Waals surface area contributed by atoms with Crippen LogP contribution in [0.1, 0.15) is 23.3 Å². The van der Waals surface area contributed by atoms with Gasteiger partial charge in [0.15, 0.2) is 0 Å². The molecule has 2 amide bonds. The van der Waals surface area contributed by atoms with Gasteiger partial charge in [-0.15, -0.1) is 0 Å². The molecule has 26 heavy (non-hydrogen) atoms. The highest BCUT2D eigenvalue weighted by Gasteiger charge is 2.61. The zero-order chi connectivity index (χ0) is 18.4. The molecule has 3 aliphatic rings. The van der Waals surface area contributed by atoms with Crippen LogP contribution < -0.4 is 5.32 Å². The van der Waals surface area contributed by atoms with Gasteiger partial charge in [-0.1, -0.05) is 0 Å². The van der Waals surface area contributed by atoms with Crippen molar-refractivity contribution < 1.29 is 24.2 Å². The van der Waals surface area contributed by atoms with Crippen LogP contribution in [-0.2, 0) is 14.3 Å². The van der Waals surface area contributed by atoms with Gasteiger partial charge >= 0.3 is 5.97 Å². The summed E-state index contributed by atoms with van der Waals surface area (Å²) < 4.78 is 4.78. The third-order valence-corrected chi connectivity index (χ3v) is 5.92. The van der Waals surface area contributed by atoms with Gasteiger partial charge in [0.25, 0.3) is 5.91 Å². The predicted molar refractivity (Wildman–Crippen MR) is 87.6 cm³/mol. The lowest BCUT2D eigenvalue weighted by molar-refractivity contribution is -0.144. The monoisotopic (exact) mass is 362 g/mol. The number of hydrogen-bond acceptors (Lipinski definition) is 6. The summed E-state index contributed by atoms with van der Waals surface area (Å²) in [5.74, 6) is -0.515. The number of amides is 2. The number of methoxy groups -OCH3 is 1. The fraction of sp³-hybridized carbons (Fsp3) is 0.647. The number of likely N-dealkylation sites (tertiary alicyclic amines) is 1. The second-order valence-electron chi connectivity index (χ2n) is 7.41. The predicted octanol–water partition coefficient (Wildman–Crippen LogP) is -0.844. The minimum absolute atomic E-state index is 0.00171. The summed E-state index contributed by atoms with van der Waals surface area (Å²) in [6.07, 6.45) is 1.47. The van der Waals surface area contributed by atoms with E-state index in [1.165, 1.54) is 13.3 Å². The van der Waals surface area contributed by atoms with Crippen molar-refractivity contribution in [3.8, 4) is 0 Å². The van der Waals surface area contributed by atoms with Gasteiger partial charge < -0.3 is 20.1 Å². The van der Waals surface area contributed by atoms with Crippen LogP contribution >= 0.6 is 0 Å². The van der Waals surface area contributed by atoms with Crippen LogP contribution in [-0.4, -0.2) is 70.3 Å². The van der Waals surface area contributed by atoms with Crippen molar-refractivity contribution in [2.45, 2.75) is 25.0 Å². The largest absolute Gasteiger partial charge is 0.469 e. The summed E-state index contributed by atoms with van der Waals surface area (Å²) in [6.45, 7) is 1.14. The van der Waals surface area contributed by atoms with E-state index < -0.39 is 12.1 Å². The van der Waals surface area contributed by atoms with Crippen molar-refractivity contribution >= 4 is 17.8 Å². The standard InChI is InChI=1S/C17H22N4O5/c1-26-17(25)14-9-6-21(7-10(9)14)16(24)8-4-12(13(22)5-8)19-15(23)11-2-3-18-20-11/h2-3,8-10,12-14,22H,4-7H2,1H3,(H,18,20)(H,19,23)/t8-,9-,10+,12+,13+,14?/m0/s1. The Morgan fingerprint density at radius 2 is 2.04 bits per heavy atom. The third kappa shape index (κ3) is 2.86. The van der Waals surface area contributed by atoms with Crippen molar-refractivity contribution in [1.82, 2.24) is 20.4 Å². The number of aromatic amines is 1. The molecule has 4 rings (SSSR count). The number of hydrogen-bond donors (Lipinski definition) is 3. The molecule has 9 heteroatoms. The first-order valence-corrected chi connectivity index (χ1v) is 8.84. The number of aliphatic hydroxyl groups excluding tert-OH is 1. The molecule has 140 valence electrons. The van der Waals surface area contributed by atoms with Crippen LogP contribution in [0.15, 0.2) is 12.3 Å². The molecule has 9 nitrogen and oxygen atoms in total. The summed E-state index contributed by atoms with van der Waals surface area (Å²) in [7, 11) is 1.39. The van der Waals surface area contributed by atoms with Crippen molar-refractivity contribution in [2.24, 2.45) is 23.7 Å². The summed E-state index contributed by atoms with van der Waals surface area (Å²) in [6, 6.07) is 1.09. The van der Waals surface area contributed by atoms with Crippen molar-refractivity contribution in [2.75, 3.05) is 20.2 Å². The molecular weight excluding hydrogens is 340 g/mol.